The van der Waals surface area contributed by atoms with Crippen molar-refractivity contribution in [3.05, 3.63) is 65.5 Å². The Morgan fingerprint density at radius 1 is 1.19 bits per heavy atom. The SMILES string of the molecule is CCN(CC(=O)N(C)Cc1ccccc1F)C(C)c1cccc(OC)c1. The first-order valence-electron chi connectivity index (χ1n) is 8.81. The molecular weight excluding hydrogens is 331 g/mol. The maximum atomic E-state index is 13.8. The third-order valence-corrected chi connectivity index (χ3v) is 4.66. The lowest BCUT2D eigenvalue weighted by atomic mass is 10.1. The molecule has 0 N–H and O–H groups in total. The second-order valence-corrected chi connectivity index (χ2v) is 6.36. The minimum atomic E-state index is -0.288. The molecule has 0 heterocycles. The number of halogens is 1. The number of rotatable bonds is 8. The normalized spacial score (nSPS) is 12.1. The molecule has 0 fully saturated rings. The number of hydrogen-bond acceptors (Lipinski definition) is 3. The molecule has 0 aromatic heterocycles. The Kier molecular flexibility index (Phi) is 7.16. The molecule has 0 aliphatic rings. The predicted octanol–water partition coefficient (Wildman–Crippen LogP) is 3.88. The Labute approximate surface area is 155 Å². The minimum Gasteiger partial charge on any atom is -0.497 e. The van der Waals surface area contributed by atoms with Gasteiger partial charge in [0, 0.05) is 25.2 Å². The Hall–Kier alpha value is -2.40. The highest BCUT2D eigenvalue weighted by Crippen LogP contribution is 2.23. The van der Waals surface area contributed by atoms with Crippen LogP contribution in [0.2, 0.25) is 0 Å². The number of likely N-dealkylation sites (N-methyl/N-ethyl adjacent to an activating group) is 2. The number of amides is 1. The van der Waals surface area contributed by atoms with Crippen molar-refractivity contribution in [3.63, 3.8) is 0 Å². The summed E-state index contributed by atoms with van der Waals surface area (Å²) in [6.45, 7) is 5.37. The van der Waals surface area contributed by atoms with Gasteiger partial charge in [-0.25, -0.2) is 4.39 Å². The lowest BCUT2D eigenvalue weighted by Gasteiger charge is -2.29. The molecule has 1 amide bonds. The molecule has 0 saturated heterocycles. The van der Waals surface area contributed by atoms with Gasteiger partial charge in [0.15, 0.2) is 0 Å². The van der Waals surface area contributed by atoms with E-state index in [1.54, 1.807) is 37.3 Å². The molecule has 140 valence electrons. The van der Waals surface area contributed by atoms with E-state index in [2.05, 4.69) is 11.8 Å². The van der Waals surface area contributed by atoms with Crippen molar-refractivity contribution in [2.45, 2.75) is 26.4 Å². The fourth-order valence-electron chi connectivity index (χ4n) is 2.90. The van der Waals surface area contributed by atoms with Crippen LogP contribution in [0.1, 0.15) is 31.0 Å². The molecule has 0 spiro atoms. The van der Waals surface area contributed by atoms with Gasteiger partial charge < -0.3 is 9.64 Å². The van der Waals surface area contributed by atoms with Crippen molar-refractivity contribution < 1.29 is 13.9 Å². The molecule has 0 bridgehead atoms. The zero-order chi connectivity index (χ0) is 19.1. The standard InChI is InChI=1S/C21H27FN2O2/c1-5-24(16(2)17-10-8-11-19(13-17)26-4)15-21(25)23(3)14-18-9-6-7-12-20(18)22/h6-13,16H,5,14-15H2,1-4H3. The van der Waals surface area contributed by atoms with Crippen LogP contribution in [0.15, 0.2) is 48.5 Å². The Balaban J connectivity index is 2.03. The van der Waals surface area contributed by atoms with Crippen LogP contribution in [-0.4, -0.2) is 43.0 Å². The topological polar surface area (TPSA) is 32.8 Å². The van der Waals surface area contributed by atoms with E-state index in [4.69, 9.17) is 4.74 Å². The smallest absolute Gasteiger partial charge is 0.236 e. The van der Waals surface area contributed by atoms with Crippen LogP contribution in [-0.2, 0) is 11.3 Å². The van der Waals surface area contributed by atoms with E-state index < -0.39 is 0 Å². The number of hydrogen-bond donors (Lipinski definition) is 0. The maximum Gasteiger partial charge on any atom is 0.236 e. The van der Waals surface area contributed by atoms with Crippen LogP contribution >= 0.6 is 0 Å². The largest absolute Gasteiger partial charge is 0.497 e. The lowest BCUT2D eigenvalue weighted by Crippen LogP contribution is -2.39. The van der Waals surface area contributed by atoms with E-state index >= 15 is 0 Å². The molecule has 0 aliphatic heterocycles. The summed E-state index contributed by atoms with van der Waals surface area (Å²) in [5, 5.41) is 0. The predicted molar refractivity (Wildman–Crippen MR) is 102 cm³/mol. The number of carbonyl (C=O) groups is 1. The van der Waals surface area contributed by atoms with E-state index in [9.17, 15) is 9.18 Å². The monoisotopic (exact) mass is 358 g/mol. The van der Waals surface area contributed by atoms with Gasteiger partial charge in [0.25, 0.3) is 0 Å². The number of carbonyl (C=O) groups excluding carboxylic acids is 1. The Morgan fingerprint density at radius 3 is 2.58 bits per heavy atom. The number of benzene rings is 2. The van der Waals surface area contributed by atoms with Crippen molar-refractivity contribution >= 4 is 5.91 Å². The molecule has 2 aromatic carbocycles. The average Bonchev–Trinajstić information content (AvgIpc) is 2.67. The van der Waals surface area contributed by atoms with Crippen LogP contribution in [0.5, 0.6) is 5.75 Å². The number of nitrogens with zero attached hydrogens (tertiary/aromatic N) is 2. The summed E-state index contributed by atoms with van der Waals surface area (Å²) in [6.07, 6.45) is 0. The third kappa shape index (κ3) is 5.05. The molecule has 1 unspecified atom stereocenters. The van der Waals surface area contributed by atoms with Crippen LogP contribution in [0.3, 0.4) is 0 Å². The highest BCUT2D eigenvalue weighted by molar-refractivity contribution is 5.78. The number of methoxy groups -OCH3 is 1. The Bertz CT molecular complexity index is 735. The zero-order valence-corrected chi connectivity index (χ0v) is 15.9. The molecule has 5 heteroatoms. The van der Waals surface area contributed by atoms with Crippen molar-refractivity contribution in [2.24, 2.45) is 0 Å². The summed E-state index contributed by atoms with van der Waals surface area (Å²) in [5.74, 6) is 0.475. The van der Waals surface area contributed by atoms with Crippen molar-refractivity contribution in [2.75, 3.05) is 27.2 Å². The van der Waals surface area contributed by atoms with Gasteiger partial charge >= 0.3 is 0 Å². The molecule has 0 radical (unpaired) electrons. The van der Waals surface area contributed by atoms with Crippen molar-refractivity contribution in [3.8, 4) is 5.75 Å². The van der Waals surface area contributed by atoms with E-state index in [0.717, 1.165) is 17.9 Å². The minimum absolute atomic E-state index is 0.0372. The second kappa shape index (κ2) is 9.34. The van der Waals surface area contributed by atoms with E-state index in [-0.39, 0.29) is 30.9 Å². The highest BCUT2D eigenvalue weighted by atomic mass is 19.1. The van der Waals surface area contributed by atoms with Crippen molar-refractivity contribution in [1.82, 2.24) is 9.80 Å². The van der Waals surface area contributed by atoms with Crippen LogP contribution < -0.4 is 4.74 Å². The summed E-state index contributed by atoms with van der Waals surface area (Å²) < 4.78 is 19.1. The van der Waals surface area contributed by atoms with Crippen LogP contribution in [0.25, 0.3) is 0 Å². The molecule has 2 aromatic rings. The Morgan fingerprint density at radius 2 is 1.92 bits per heavy atom. The fraction of sp³-hybridized carbons (Fsp3) is 0.381. The van der Waals surface area contributed by atoms with Crippen LogP contribution in [0, 0.1) is 5.82 Å². The van der Waals surface area contributed by atoms with Gasteiger partial charge in [-0.05, 0) is 37.2 Å². The van der Waals surface area contributed by atoms with Gasteiger partial charge in [0.2, 0.25) is 5.91 Å². The summed E-state index contributed by atoms with van der Waals surface area (Å²) in [6, 6.07) is 14.5. The zero-order valence-electron chi connectivity index (χ0n) is 15.9. The molecule has 26 heavy (non-hydrogen) atoms. The molecular formula is C21H27FN2O2. The first-order chi connectivity index (χ1) is 12.5. The molecule has 1 atom stereocenters. The summed E-state index contributed by atoms with van der Waals surface area (Å²) in [5.41, 5.74) is 1.61. The summed E-state index contributed by atoms with van der Waals surface area (Å²) in [7, 11) is 3.35. The first kappa shape index (κ1) is 19.9. The highest BCUT2D eigenvalue weighted by Gasteiger charge is 2.20. The van der Waals surface area contributed by atoms with E-state index in [1.807, 2.05) is 31.2 Å². The number of ether oxygens (including phenoxy) is 1. The van der Waals surface area contributed by atoms with Gasteiger partial charge in [-0.15, -0.1) is 0 Å². The molecule has 4 nitrogen and oxygen atoms in total. The van der Waals surface area contributed by atoms with E-state index in [1.165, 1.54) is 6.07 Å². The van der Waals surface area contributed by atoms with Gasteiger partial charge in [0.1, 0.15) is 11.6 Å². The van der Waals surface area contributed by atoms with Crippen LogP contribution in [0.4, 0.5) is 4.39 Å². The van der Waals surface area contributed by atoms with Gasteiger partial charge in [-0.1, -0.05) is 37.3 Å². The van der Waals surface area contributed by atoms with Gasteiger partial charge in [-0.3, -0.25) is 9.69 Å². The fourth-order valence-corrected chi connectivity index (χ4v) is 2.90. The van der Waals surface area contributed by atoms with Gasteiger partial charge in [0.05, 0.1) is 13.7 Å². The van der Waals surface area contributed by atoms with Crippen molar-refractivity contribution in [1.29, 1.82) is 0 Å². The van der Waals surface area contributed by atoms with Gasteiger partial charge in [-0.2, -0.15) is 0 Å². The molecule has 0 aliphatic carbocycles. The molecule has 0 saturated carbocycles. The summed E-state index contributed by atoms with van der Waals surface area (Å²) in [4.78, 5) is 16.3. The quantitative estimate of drug-likeness (QED) is 0.718. The second-order valence-electron chi connectivity index (χ2n) is 6.36. The lowest BCUT2D eigenvalue weighted by molar-refractivity contribution is -0.132. The average molecular weight is 358 g/mol. The van der Waals surface area contributed by atoms with E-state index in [0.29, 0.717) is 5.56 Å². The summed E-state index contributed by atoms with van der Waals surface area (Å²) >= 11 is 0. The third-order valence-electron chi connectivity index (χ3n) is 4.66. The maximum absolute atomic E-state index is 13.8. The first-order valence-corrected chi connectivity index (χ1v) is 8.81. The molecule has 2 rings (SSSR count).